The van der Waals surface area contributed by atoms with E-state index >= 15 is 0 Å². The fourth-order valence-electron chi connectivity index (χ4n) is 1.43. The van der Waals surface area contributed by atoms with E-state index in [0.717, 1.165) is 10.0 Å². The number of hydrazone groups is 1. The van der Waals surface area contributed by atoms with Crippen molar-refractivity contribution >= 4 is 39.5 Å². The van der Waals surface area contributed by atoms with Gasteiger partial charge in [-0.1, -0.05) is 12.7 Å². The molecular formula is C14H18BrN3O2S. The van der Waals surface area contributed by atoms with Crippen LogP contribution in [-0.2, 0) is 0 Å². The second-order valence-electron chi connectivity index (χ2n) is 3.81. The van der Waals surface area contributed by atoms with Crippen molar-refractivity contribution in [3.63, 3.8) is 0 Å². The molecule has 1 aromatic carbocycles. The van der Waals surface area contributed by atoms with Crippen LogP contribution in [0.1, 0.15) is 12.5 Å². The van der Waals surface area contributed by atoms with Gasteiger partial charge in [-0.15, -0.1) is 0 Å². The van der Waals surface area contributed by atoms with Crippen LogP contribution in [0.4, 0.5) is 0 Å². The molecule has 0 radical (unpaired) electrons. The van der Waals surface area contributed by atoms with Crippen LogP contribution in [0.3, 0.4) is 0 Å². The van der Waals surface area contributed by atoms with Crippen LogP contribution in [0.25, 0.3) is 0 Å². The minimum atomic E-state index is 0.407. The van der Waals surface area contributed by atoms with Gasteiger partial charge in [-0.05, 0) is 52.8 Å². The van der Waals surface area contributed by atoms with Crippen LogP contribution in [-0.4, -0.2) is 31.6 Å². The Morgan fingerprint density at radius 3 is 2.86 bits per heavy atom. The van der Waals surface area contributed by atoms with Gasteiger partial charge in [-0.25, -0.2) is 0 Å². The van der Waals surface area contributed by atoms with E-state index in [4.69, 9.17) is 21.7 Å². The summed E-state index contributed by atoms with van der Waals surface area (Å²) in [7, 11) is 1.72. The molecule has 0 saturated heterocycles. The van der Waals surface area contributed by atoms with Crippen molar-refractivity contribution in [2.45, 2.75) is 6.92 Å². The number of hydrogen-bond acceptors (Lipinski definition) is 4. The average molecular weight is 372 g/mol. The Balaban J connectivity index is 2.96. The van der Waals surface area contributed by atoms with Crippen LogP contribution in [0, 0.1) is 0 Å². The van der Waals surface area contributed by atoms with Gasteiger partial charge in [0.25, 0.3) is 0 Å². The van der Waals surface area contributed by atoms with Crippen LogP contribution < -0.4 is 20.2 Å². The van der Waals surface area contributed by atoms with Crippen molar-refractivity contribution < 1.29 is 9.47 Å². The molecular weight excluding hydrogens is 354 g/mol. The van der Waals surface area contributed by atoms with E-state index in [9.17, 15) is 0 Å². The SMILES string of the molecule is C=CCOc1c(Br)cc(/C=N\NC(=S)NC)cc1OCC. The molecule has 1 aromatic rings. The zero-order valence-electron chi connectivity index (χ0n) is 12.0. The molecule has 0 unspecified atom stereocenters. The highest BCUT2D eigenvalue weighted by Crippen LogP contribution is 2.36. The minimum Gasteiger partial charge on any atom is -0.490 e. The lowest BCUT2D eigenvalue weighted by Crippen LogP contribution is -2.28. The van der Waals surface area contributed by atoms with E-state index < -0.39 is 0 Å². The molecule has 21 heavy (non-hydrogen) atoms. The highest BCUT2D eigenvalue weighted by Gasteiger charge is 2.11. The maximum Gasteiger partial charge on any atom is 0.186 e. The first-order valence-electron chi connectivity index (χ1n) is 6.33. The van der Waals surface area contributed by atoms with Gasteiger partial charge in [-0.2, -0.15) is 5.10 Å². The van der Waals surface area contributed by atoms with Gasteiger partial charge in [0.15, 0.2) is 16.6 Å². The van der Waals surface area contributed by atoms with Crippen molar-refractivity contribution in [3.8, 4) is 11.5 Å². The largest absolute Gasteiger partial charge is 0.490 e. The summed E-state index contributed by atoms with van der Waals surface area (Å²) in [5.74, 6) is 1.29. The molecule has 0 fully saturated rings. The Morgan fingerprint density at radius 1 is 1.48 bits per heavy atom. The molecule has 1 rings (SSSR count). The van der Waals surface area contributed by atoms with Crippen LogP contribution >= 0.6 is 28.1 Å². The molecule has 114 valence electrons. The fraction of sp³-hybridized carbons (Fsp3) is 0.286. The van der Waals surface area contributed by atoms with Crippen LogP contribution in [0.2, 0.25) is 0 Å². The molecule has 0 amide bonds. The summed E-state index contributed by atoms with van der Waals surface area (Å²) < 4.78 is 12.0. The summed E-state index contributed by atoms with van der Waals surface area (Å²) in [4.78, 5) is 0. The van der Waals surface area contributed by atoms with Crippen molar-refractivity contribution in [1.29, 1.82) is 0 Å². The van der Waals surface area contributed by atoms with Crippen molar-refractivity contribution in [2.24, 2.45) is 5.10 Å². The number of thiocarbonyl (C=S) groups is 1. The average Bonchev–Trinajstić information content (AvgIpc) is 2.46. The third-order valence-electron chi connectivity index (χ3n) is 2.28. The van der Waals surface area contributed by atoms with Gasteiger partial charge < -0.3 is 14.8 Å². The molecule has 0 bridgehead atoms. The molecule has 0 saturated carbocycles. The zero-order chi connectivity index (χ0) is 15.7. The number of ether oxygens (including phenoxy) is 2. The Hall–Kier alpha value is -1.60. The molecule has 0 aliphatic rings. The molecule has 0 atom stereocenters. The molecule has 7 heteroatoms. The topological polar surface area (TPSA) is 54.9 Å². The van der Waals surface area contributed by atoms with Gasteiger partial charge in [0.1, 0.15) is 6.61 Å². The van der Waals surface area contributed by atoms with Gasteiger partial charge in [0, 0.05) is 7.05 Å². The Labute approximate surface area is 138 Å². The van der Waals surface area contributed by atoms with E-state index in [1.54, 1.807) is 19.3 Å². The van der Waals surface area contributed by atoms with Crippen molar-refractivity contribution in [3.05, 3.63) is 34.8 Å². The molecule has 2 N–H and O–H groups in total. The summed E-state index contributed by atoms with van der Waals surface area (Å²) in [5.41, 5.74) is 3.54. The van der Waals surface area contributed by atoms with Crippen molar-refractivity contribution in [2.75, 3.05) is 20.3 Å². The Bertz CT molecular complexity index is 535. The third kappa shape index (κ3) is 5.73. The van der Waals surface area contributed by atoms with E-state index in [-0.39, 0.29) is 0 Å². The lowest BCUT2D eigenvalue weighted by atomic mass is 10.2. The lowest BCUT2D eigenvalue weighted by Gasteiger charge is -2.13. The predicted molar refractivity (Wildman–Crippen MR) is 93.4 cm³/mol. The van der Waals surface area contributed by atoms with Gasteiger partial charge in [0.2, 0.25) is 0 Å². The monoisotopic (exact) mass is 371 g/mol. The normalized spacial score (nSPS) is 10.2. The fourth-order valence-corrected chi connectivity index (χ4v) is 2.06. The molecule has 0 aromatic heterocycles. The first-order chi connectivity index (χ1) is 10.1. The van der Waals surface area contributed by atoms with E-state index in [1.165, 1.54) is 0 Å². The number of nitrogens with one attached hydrogen (secondary N) is 2. The molecule has 5 nitrogen and oxygen atoms in total. The minimum absolute atomic E-state index is 0.407. The van der Waals surface area contributed by atoms with Crippen LogP contribution in [0.5, 0.6) is 11.5 Å². The lowest BCUT2D eigenvalue weighted by molar-refractivity contribution is 0.295. The maximum absolute atomic E-state index is 5.60. The Kier molecular flexibility index (Phi) is 7.78. The maximum atomic E-state index is 5.60. The molecule has 0 aliphatic heterocycles. The smallest absolute Gasteiger partial charge is 0.186 e. The summed E-state index contributed by atoms with van der Waals surface area (Å²) in [5, 5.41) is 7.25. The third-order valence-corrected chi connectivity index (χ3v) is 3.17. The second-order valence-corrected chi connectivity index (χ2v) is 5.07. The first kappa shape index (κ1) is 17.5. The van der Waals surface area contributed by atoms with Crippen LogP contribution in [0.15, 0.2) is 34.4 Å². The number of hydrogen-bond donors (Lipinski definition) is 2. The molecule has 0 heterocycles. The number of halogens is 1. The number of benzene rings is 1. The molecule has 0 spiro atoms. The first-order valence-corrected chi connectivity index (χ1v) is 7.53. The molecule has 0 aliphatic carbocycles. The Morgan fingerprint density at radius 2 is 2.24 bits per heavy atom. The van der Waals surface area contributed by atoms with Gasteiger partial charge in [-0.3, -0.25) is 5.43 Å². The summed E-state index contributed by atoms with van der Waals surface area (Å²) in [6.07, 6.45) is 3.33. The van der Waals surface area contributed by atoms with Crippen molar-refractivity contribution in [1.82, 2.24) is 10.7 Å². The summed E-state index contributed by atoms with van der Waals surface area (Å²) >= 11 is 8.41. The highest BCUT2D eigenvalue weighted by molar-refractivity contribution is 9.10. The summed E-state index contributed by atoms with van der Waals surface area (Å²) in [6.45, 7) is 6.50. The standard InChI is InChI=1S/C14H18BrN3O2S/c1-4-6-20-13-11(15)7-10(8-12(13)19-5-2)9-17-18-14(21)16-3/h4,7-9H,1,5-6H2,2-3H3,(H2,16,18,21)/b17-9-. The predicted octanol–water partition coefficient (Wildman–Crippen LogP) is 2.84. The van der Waals surface area contributed by atoms with Gasteiger partial charge in [0.05, 0.1) is 17.3 Å². The van der Waals surface area contributed by atoms with E-state index in [0.29, 0.717) is 29.8 Å². The van der Waals surface area contributed by atoms with Gasteiger partial charge >= 0.3 is 0 Å². The zero-order valence-corrected chi connectivity index (χ0v) is 14.4. The quantitative estimate of drug-likeness (QED) is 0.334. The number of nitrogens with zero attached hydrogens (tertiary/aromatic N) is 1. The van der Waals surface area contributed by atoms with E-state index in [2.05, 4.69) is 38.4 Å². The highest BCUT2D eigenvalue weighted by atomic mass is 79.9. The summed E-state index contributed by atoms with van der Waals surface area (Å²) in [6, 6.07) is 3.73. The van der Waals surface area contributed by atoms with E-state index in [1.807, 2.05) is 19.1 Å². The number of rotatable bonds is 7. The second kappa shape index (κ2) is 9.36.